The molecule has 1 atom stereocenters. The van der Waals surface area contributed by atoms with Crippen LogP contribution in [0.4, 0.5) is 11.4 Å². The Kier molecular flexibility index (Phi) is 5.26. The first-order valence-electron chi connectivity index (χ1n) is 8.83. The predicted octanol–water partition coefficient (Wildman–Crippen LogP) is 3.81. The first-order valence-corrected chi connectivity index (χ1v) is 8.83. The summed E-state index contributed by atoms with van der Waals surface area (Å²) in [5.41, 5.74) is 2.64. The Morgan fingerprint density at radius 2 is 1.96 bits per heavy atom. The molecule has 5 nitrogen and oxygen atoms in total. The first-order chi connectivity index (χ1) is 12.5. The number of nitrogens with one attached hydrogen (secondary N) is 1. The van der Waals surface area contributed by atoms with Crippen molar-refractivity contribution in [2.45, 2.75) is 26.2 Å². The van der Waals surface area contributed by atoms with Crippen LogP contribution in [0.2, 0.25) is 0 Å². The maximum absolute atomic E-state index is 12.7. The van der Waals surface area contributed by atoms with Crippen molar-refractivity contribution in [1.82, 2.24) is 0 Å². The molecule has 0 unspecified atom stereocenters. The lowest BCUT2D eigenvalue weighted by Gasteiger charge is -2.19. The number of hydrogen-bond donors (Lipinski definition) is 1. The Bertz CT molecular complexity index is 816. The fourth-order valence-corrected chi connectivity index (χ4v) is 3.19. The van der Waals surface area contributed by atoms with Crippen LogP contribution in [0.1, 0.15) is 31.7 Å². The summed E-state index contributed by atoms with van der Waals surface area (Å²) in [6.45, 7) is 4.58. The van der Waals surface area contributed by atoms with Gasteiger partial charge in [0.05, 0.1) is 18.7 Å². The van der Waals surface area contributed by atoms with Crippen LogP contribution in [0.5, 0.6) is 5.75 Å². The van der Waals surface area contributed by atoms with Crippen LogP contribution in [0, 0.1) is 5.92 Å². The molecule has 136 valence electrons. The summed E-state index contributed by atoms with van der Waals surface area (Å²) < 4.78 is 5.34. The zero-order valence-corrected chi connectivity index (χ0v) is 15.4. The molecule has 2 aromatic carbocycles. The molecule has 1 aliphatic rings. The molecule has 0 aromatic heterocycles. The highest BCUT2D eigenvalue weighted by Crippen LogP contribution is 2.33. The quantitative estimate of drug-likeness (QED) is 0.890. The van der Waals surface area contributed by atoms with Crippen LogP contribution in [-0.2, 0) is 9.59 Å². The highest BCUT2D eigenvalue weighted by atomic mass is 16.5. The maximum atomic E-state index is 12.7. The van der Waals surface area contributed by atoms with E-state index in [0.717, 1.165) is 5.69 Å². The molecule has 26 heavy (non-hydrogen) atoms. The number of rotatable bonds is 5. The van der Waals surface area contributed by atoms with Crippen LogP contribution in [-0.4, -0.2) is 25.5 Å². The number of amides is 2. The molecule has 1 saturated heterocycles. The van der Waals surface area contributed by atoms with Gasteiger partial charge >= 0.3 is 0 Å². The molecule has 0 spiro atoms. The molecule has 5 heteroatoms. The van der Waals surface area contributed by atoms with E-state index < -0.39 is 0 Å². The van der Waals surface area contributed by atoms with Crippen LogP contribution in [0.25, 0.3) is 0 Å². The van der Waals surface area contributed by atoms with Gasteiger partial charge in [-0.3, -0.25) is 9.59 Å². The van der Waals surface area contributed by atoms with E-state index in [4.69, 9.17) is 4.74 Å². The molecule has 2 amide bonds. The average Bonchev–Trinajstić information content (AvgIpc) is 3.03. The number of carbonyl (C=O) groups excluding carboxylic acids is 2. The molecule has 0 bridgehead atoms. The Labute approximate surface area is 154 Å². The van der Waals surface area contributed by atoms with Crippen molar-refractivity contribution in [1.29, 1.82) is 0 Å². The smallest absolute Gasteiger partial charge is 0.229 e. The van der Waals surface area contributed by atoms with Gasteiger partial charge in [0.25, 0.3) is 0 Å². The molecule has 2 aromatic rings. The van der Waals surface area contributed by atoms with Crippen LogP contribution in [0.15, 0.2) is 48.5 Å². The topological polar surface area (TPSA) is 58.6 Å². The van der Waals surface area contributed by atoms with Crippen molar-refractivity contribution in [2.75, 3.05) is 23.9 Å². The molecule has 3 rings (SSSR count). The predicted molar refractivity (Wildman–Crippen MR) is 103 cm³/mol. The van der Waals surface area contributed by atoms with Crippen molar-refractivity contribution < 1.29 is 14.3 Å². The van der Waals surface area contributed by atoms with Gasteiger partial charge in [0.15, 0.2) is 0 Å². The van der Waals surface area contributed by atoms with Gasteiger partial charge in [0.1, 0.15) is 5.75 Å². The SMILES string of the molecule is COc1ccccc1N1C[C@H](C(=O)Nc2cccc(C(C)C)c2)CC1=O. The minimum atomic E-state index is -0.380. The van der Waals surface area contributed by atoms with Crippen molar-refractivity contribution in [2.24, 2.45) is 5.92 Å². The molecular formula is C21H24N2O3. The molecule has 1 aliphatic heterocycles. The number of carbonyl (C=O) groups is 2. The zero-order chi connectivity index (χ0) is 18.7. The molecular weight excluding hydrogens is 328 g/mol. The average molecular weight is 352 g/mol. The fraction of sp³-hybridized carbons (Fsp3) is 0.333. The molecule has 0 aliphatic carbocycles. The number of ether oxygens (including phenoxy) is 1. The van der Waals surface area contributed by atoms with E-state index >= 15 is 0 Å². The number of methoxy groups -OCH3 is 1. The first kappa shape index (κ1) is 18.0. The van der Waals surface area contributed by atoms with Gasteiger partial charge in [-0.05, 0) is 35.7 Å². The summed E-state index contributed by atoms with van der Waals surface area (Å²) in [5, 5.41) is 2.95. The molecule has 0 saturated carbocycles. The van der Waals surface area contributed by atoms with Gasteiger partial charge in [-0.25, -0.2) is 0 Å². The Morgan fingerprint density at radius 3 is 2.69 bits per heavy atom. The van der Waals surface area contributed by atoms with Crippen molar-refractivity contribution >= 4 is 23.2 Å². The second-order valence-electron chi connectivity index (χ2n) is 6.85. The van der Waals surface area contributed by atoms with Crippen molar-refractivity contribution in [3.63, 3.8) is 0 Å². The summed E-state index contributed by atoms with van der Waals surface area (Å²) in [6, 6.07) is 15.2. The van der Waals surface area contributed by atoms with E-state index in [9.17, 15) is 9.59 Å². The van der Waals surface area contributed by atoms with Gasteiger partial charge in [0, 0.05) is 18.7 Å². The van der Waals surface area contributed by atoms with E-state index in [1.807, 2.05) is 48.5 Å². The Morgan fingerprint density at radius 1 is 1.19 bits per heavy atom. The molecule has 1 heterocycles. The number of benzene rings is 2. The highest BCUT2D eigenvalue weighted by molar-refractivity contribution is 6.04. The van der Waals surface area contributed by atoms with E-state index in [1.165, 1.54) is 5.56 Å². The van der Waals surface area contributed by atoms with Crippen LogP contribution < -0.4 is 15.0 Å². The highest BCUT2D eigenvalue weighted by Gasteiger charge is 2.36. The summed E-state index contributed by atoms with van der Waals surface area (Å²) in [6.07, 6.45) is 0.202. The van der Waals surface area contributed by atoms with Crippen molar-refractivity contribution in [3.8, 4) is 5.75 Å². The van der Waals surface area contributed by atoms with E-state index in [1.54, 1.807) is 12.0 Å². The summed E-state index contributed by atoms with van der Waals surface area (Å²) in [4.78, 5) is 26.7. The minimum Gasteiger partial charge on any atom is -0.495 e. The number of anilines is 2. The molecule has 1 N–H and O–H groups in total. The van der Waals surface area contributed by atoms with Crippen LogP contribution in [0.3, 0.4) is 0 Å². The summed E-state index contributed by atoms with van der Waals surface area (Å²) in [7, 11) is 1.57. The van der Waals surface area contributed by atoms with Crippen LogP contribution >= 0.6 is 0 Å². The second-order valence-corrected chi connectivity index (χ2v) is 6.85. The minimum absolute atomic E-state index is 0.0643. The van der Waals surface area contributed by atoms with E-state index in [-0.39, 0.29) is 24.2 Å². The molecule has 0 radical (unpaired) electrons. The third-order valence-electron chi connectivity index (χ3n) is 4.69. The van der Waals surface area contributed by atoms with Crippen molar-refractivity contribution in [3.05, 3.63) is 54.1 Å². The second kappa shape index (κ2) is 7.60. The third-order valence-corrected chi connectivity index (χ3v) is 4.69. The van der Waals surface area contributed by atoms with Gasteiger partial charge in [-0.15, -0.1) is 0 Å². The lowest BCUT2D eigenvalue weighted by molar-refractivity contribution is -0.122. The number of hydrogen-bond acceptors (Lipinski definition) is 3. The fourth-order valence-electron chi connectivity index (χ4n) is 3.19. The van der Waals surface area contributed by atoms with Gasteiger partial charge in [0.2, 0.25) is 11.8 Å². The van der Waals surface area contributed by atoms with E-state index in [0.29, 0.717) is 23.9 Å². The summed E-state index contributed by atoms with van der Waals surface area (Å²) >= 11 is 0. The summed E-state index contributed by atoms with van der Waals surface area (Å²) in [5.74, 6) is 0.449. The van der Waals surface area contributed by atoms with E-state index in [2.05, 4.69) is 19.2 Å². The zero-order valence-electron chi connectivity index (χ0n) is 15.4. The van der Waals surface area contributed by atoms with Gasteiger partial charge < -0.3 is 15.0 Å². The Hall–Kier alpha value is -2.82. The van der Waals surface area contributed by atoms with Gasteiger partial charge in [-0.2, -0.15) is 0 Å². The standard InChI is InChI=1S/C21H24N2O3/c1-14(2)15-7-6-8-17(11-15)22-21(25)16-12-20(24)23(13-16)18-9-4-5-10-19(18)26-3/h4-11,14,16H,12-13H2,1-3H3,(H,22,25)/t16-/m1/s1. The number of para-hydroxylation sites is 2. The lowest BCUT2D eigenvalue weighted by Crippen LogP contribution is -2.28. The third kappa shape index (κ3) is 3.72. The largest absolute Gasteiger partial charge is 0.495 e. The Balaban J connectivity index is 1.72. The normalized spacial score (nSPS) is 16.8. The lowest BCUT2D eigenvalue weighted by atomic mass is 10.0. The monoisotopic (exact) mass is 352 g/mol. The maximum Gasteiger partial charge on any atom is 0.229 e. The molecule has 1 fully saturated rings. The van der Waals surface area contributed by atoms with Gasteiger partial charge in [-0.1, -0.05) is 38.1 Å². The number of nitrogens with zero attached hydrogens (tertiary/aromatic N) is 1.